The van der Waals surface area contributed by atoms with E-state index >= 15 is 0 Å². The van der Waals surface area contributed by atoms with Crippen LogP contribution in [0.3, 0.4) is 0 Å². The zero-order valence-corrected chi connectivity index (χ0v) is 9.50. The monoisotopic (exact) mass is 270 g/mol. The van der Waals surface area contributed by atoms with Gasteiger partial charge in [0.25, 0.3) is 0 Å². The normalized spacial score (nSPS) is 42.9. The molecule has 3 fully saturated rings. The molecule has 0 amide bonds. The maximum atomic E-state index is 13.0. The van der Waals surface area contributed by atoms with Gasteiger partial charge in [0, 0.05) is 5.33 Å². The van der Waals surface area contributed by atoms with Crippen LogP contribution in [0.25, 0.3) is 0 Å². The maximum absolute atomic E-state index is 13.0. The Balaban J connectivity index is 2.28. The van der Waals surface area contributed by atoms with Crippen LogP contribution in [0.15, 0.2) is 0 Å². The van der Waals surface area contributed by atoms with Crippen LogP contribution in [-0.2, 0) is 0 Å². The van der Waals surface area contributed by atoms with Crippen LogP contribution in [0.5, 0.6) is 0 Å². The van der Waals surface area contributed by atoms with Gasteiger partial charge in [0.15, 0.2) is 0 Å². The molecule has 1 atom stereocenters. The maximum Gasteiger partial charge on any atom is 0.395 e. The lowest BCUT2D eigenvalue weighted by atomic mass is 9.56. The quantitative estimate of drug-likeness (QED) is 0.629. The summed E-state index contributed by atoms with van der Waals surface area (Å²) in [6, 6.07) is 0. The molecule has 0 aromatic carbocycles. The van der Waals surface area contributed by atoms with E-state index in [9.17, 15) is 13.2 Å². The van der Waals surface area contributed by atoms with E-state index in [-0.39, 0.29) is 11.2 Å². The smallest absolute Gasteiger partial charge is 0.170 e. The Morgan fingerprint density at radius 2 is 1.71 bits per heavy atom. The first-order valence-corrected chi connectivity index (χ1v) is 6.24. The second kappa shape index (κ2) is 3.39. The van der Waals surface area contributed by atoms with Crippen LogP contribution in [0, 0.1) is 17.3 Å². The number of halogens is 4. The van der Waals surface area contributed by atoms with Crippen molar-refractivity contribution in [2.75, 3.05) is 5.33 Å². The summed E-state index contributed by atoms with van der Waals surface area (Å²) in [7, 11) is 0. The highest BCUT2D eigenvalue weighted by Crippen LogP contribution is 2.60. The van der Waals surface area contributed by atoms with Crippen LogP contribution in [0.1, 0.15) is 32.1 Å². The van der Waals surface area contributed by atoms with Crippen molar-refractivity contribution >= 4 is 15.9 Å². The number of fused-ring (bicyclic) bond motifs is 3. The number of hydrogen-bond donors (Lipinski definition) is 0. The van der Waals surface area contributed by atoms with E-state index in [0.29, 0.717) is 12.3 Å². The lowest BCUT2D eigenvalue weighted by molar-refractivity contribution is -0.257. The summed E-state index contributed by atoms with van der Waals surface area (Å²) in [4.78, 5) is 0. The fourth-order valence-electron chi connectivity index (χ4n) is 3.19. The standard InChI is InChI=1S/C10H14BrF3/c11-6-9(10(12,13)14)5-7-1-3-8(9)4-2-7/h7-8H,1-6H2. The first kappa shape index (κ1) is 10.8. The molecule has 0 aliphatic heterocycles. The molecule has 0 spiro atoms. The molecular formula is C10H14BrF3. The van der Waals surface area contributed by atoms with Gasteiger partial charge in [-0.05, 0) is 31.1 Å². The molecule has 0 aromatic heterocycles. The fourth-order valence-corrected chi connectivity index (χ4v) is 4.19. The molecule has 14 heavy (non-hydrogen) atoms. The molecule has 0 radical (unpaired) electrons. The van der Waals surface area contributed by atoms with Gasteiger partial charge in [-0.3, -0.25) is 0 Å². The first-order valence-electron chi connectivity index (χ1n) is 5.12. The van der Waals surface area contributed by atoms with Gasteiger partial charge < -0.3 is 0 Å². The second-order valence-electron chi connectivity index (χ2n) is 4.71. The highest BCUT2D eigenvalue weighted by atomic mass is 79.9. The highest BCUT2D eigenvalue weighted by Gasteiger charge is 2.61. The van der Waals surface area contributed by atoms with E-state index in [4.69, 9.17) is 0 Å². The Hall–Kier alpha value is 0.270. The minimum absolute atomic E-state index is 0.0880. The third-order valence-electron chi connectivity index (χ3n) is 4.08. The van der Waals surface area contributed by atoms with Gasteiger partial charge in [0.05, 0.1) is 5.41 Å². The lowest BCUT2D eigenvalue weighted by Gasteiger charge is -2.51. The van der Waals surface area contributed by atoms with Crippen LogP contribution in [-0.4, -0.2) is 11.5 Å². The third kappa shape index (κ3) is 1.41. The number of rotatable bonds is 1. The fraction of sp³-hybridized carbons (Fsp3) is 1.00. The average Bonchev–Trinajstić information content (AvgIpc) is 2.17. The SMILES string of the molecule is FC(F)(F)C1(CBr)CC2CCC1CC2. The molecule has 4 heteroatoms. The molecule has 0 aromatic rings. The van der Waals surface area contributed by atoms with Crippen LogP contribution in [0.4, 0.5) is 13.2 Å². The summed E-state index contributed by atoms with van der Waals surface area (Å²) < 4.78 is 39.1. The molecule has 1 unspecified atom stereocenters. The summed E-state index contributed by atoms with van der Waals surface area (Å²) in [5, 5.41) is 0.0880. The van der Waals surface area contributed by atoms with E-state index in [2.05, 4.69) is 15.9 Å². The van der Waals surface area contributed by atoms with E-state index in [0.717, 1.165) is 25.7 Å². The molecule has 0 saturated heterocycles. The Morgan fingerprint density at radius 1 is 1.14 bits per heavy atom. The Labute approximate surface area is 90.4 Å². The van der Waals surface area contributed by atoms with Crippen LogP contribution < -0.4 is 0 Å². The van der Waals surface area contributed by atoms with Gasteiger partial charge in [-0.25, -0.2) is 0 Å². The van der Waals surface area contributed by atoms with Gasteiger partial charge in [-0.1, -0.05) is 28.8 Å². The zero-order valence-electron chi connectivity index (χ0n) is 7.91. The van der Waals surface area contributed by atoms with Crippen molar-refractivity contribution in [3.8, 4) is 0 Å². The zero-order chi connectivity index (χ0) is 10.4. The second-order valence-corrected chi connectivity index (χ2v) is 5.27. The highest BCUT2D eigenvalue weighted by molar-refractivity contribution is 9.09. The van der Waals surface area contributed by atoms with Gasteiger partial charge >= 0.3 is 6.18 Å². The van der Waals surface area contributed by atoms with Crippen molar-refractivity contribution < 1.29 is 13.2 Å². The summed E-state index contributed by atoms with van der Waals surface area (Å²) in [5.74, 6) is 0.186. The largest absolute Gasteiger partial charge is 0.395 e. The third-order valence-corrected chi connectivity index (χ3v) is 5.08. The van der Waals surface area contributed by atoms with Crippen LogP contribution in [0.2, 0.25) is 0 Å². The number of alkyl halides is 4. The molecule has 3 aliphatic rings. The average molecular weight is 271 g/mol. The van der Waals surface area contributed by atoms with Gasteiger partial charge in [0.1, 0.15) is 0 Å². The van der Waals surface area contributed by atoms with Crippen molar-refractivity contribution in [2.24, 2.45) is 17.3 Å². The van der Waals surface area contributed by atoms with Crippen molar-refractivity contribution in [1.29, 1.82) is 0 Å². The van der Waals surface area contributed by atoms with Crippen molar-refractivity contribution in [2.45, 2.75) is 38.3 Å². The van der Waals surface area contributed by atoms with Gasteiger partial charge in [-0.15, -0.1) is 0 Å². The van der Waals surface area contributed by atoms with Crippen LogP contribution >= 0.6 is 15.9 Å². The topological polar surface area (TPSA) is 0 Å². The summed E-state index contributed by atoms with van der Waals surface area (Å²) >= 11 is 3.09. The predicted molar refractivity (Wildman–Crippen MR) is 52.3 cm³/mol. The van der Waals surface area contributed by atoms with Crippen molar-refractivity contribution in [3.05, 3.63) is 0 Å². The summed E-state index contributed by atoms with van der Waals surface area (Å²) in [6.07, 6.45) is -0.108. The minimum Gasteiger partial charge on any atom is -0.170 e. The van der Waals surface area contributed by atoms with E-state index < -0.39 is 11.6 Å². The molecular weight excluding hydrogens is 257 g/mol. The minimum atomic E-state index is -4.03. The molecule has 0 N–H and O–H groups in total. The lowest BCUT2D eigenvalue weighted by Crippen LogP contribution is -2.52. The number of hydrogen-bond acceptors (Lipinski definition) is 0. The molecule has 2 bridgehead atoms. The van der Waals surface area contributed by atoms with Crippen molar-refractivity contribution in [3.63, 3.8) is 0 Å². The van der Waals surface area contributed by atoms with Gasteiger partial charge in [0.2, 0.25) is 0 Å². The molecule has 3 aliphatic carbocycles. The summed E-state index contributed by atoms with van der Waals surface area (Å²) in [5.41, 5.74) is -1.41. The molecule has 0 heterocycles. The van der Waals surface area contributed by atoms with E-state index in [1.54, 1.807) is 0 Å². The molecule has 3 rings (SSSR count). The molecule has 0 nitrogen and oxygen atoms in total. The summed E-state index contributed by atoms with van der Waals surface area (Å²) in [6.45, 7) is 0. The van der Waals surface area contributed by atoms with Crippen molar-refractivity contribution in [1.82, 2.24) is 0 Å². The Kier molecular flexibility index (Phi) is 2.61. The predicted octanol–water partition coefficient (Wildman–Crippen LogP) is 4.14. The Morgan fingerprint density at radius 3 is 1.93 bits per heavy atom. The Bertz CT molecular complexity index is 218. The molecule has 82 valence electrons. The first-order chi connectivity index (χ1) is 6.49. The van der Waals surface area contributed by atoms with E-state index in [1.165, 1.54) is 0 Å². The molecule has 3 saturated carbocycles. The van der Waals surface area contributed by atoms with Gasteiger partial charge in [-0.2, -0.15) is 13.2 Å². The van der Waals surface area contributed by atoms with E-state index in [1.807, 2.05) is 0 Å².